The molecule has 0 aliphatic heterocycles. The van der Waals surface area contributed by atoms with Gasteiger partial charge in [-0.25, -0.2) is 9.78 Å². The molecule has 2 aromatic heterocycles. The van der Waals surface area contributed by atoms with Gasteiger partial charge in [-0.05, 0) is 37.3 Å². The van der Waals surface area contributed by atoms with Crippen molar-refractivity contribution in [3.05, 3.63) is 94.8 Å². The van der Waals surface area contributed by atoms with Gasteiger partial charge in [-0.1, -0.05) is 24.3 Å². The zero-order valence-corrected chi connectivity index (χ0v) is 17.5. The van der Waals surface area contributed by atoms with E-state index in [2.05, 4.69) is 15.3 Å². The molecule has 9 heteroatoms. The third-order valence-electron chi connectivity index (χ3n) is 4.89. The number of nitrogens with one attached hydrogen (secondary N) is 1. The van der Waals surface area contributed by atoms with Crippen LogP contribution in [0.5, 0.6) is 0 Å². The minimum Gasteiger partial charge on any atom is -0.449 e. The number of esters is 1. The van der Waals surface area contributed by atoms with Crippen molar-refractivity contribution in [2.45, 2.75) is 13.0 Å². The van der Waals surface area contributed by atoms with Crippen LogP contribution in [0.2, 0.25) is 0 Å². The molecule has 4 rings (SSSR count). The molecule has 0 spiro atoms. The Labute approximate surface area is 188 Å². The number of aromatic nitrogens is 2. The lowest BCUT2D eigenvalue weighted by atomic mass is 10.0. The van der Waals surface area contributed by atoms with Crippen LogP contribution in [0, 0.1) is 10.1 Å². The zero-order valence-electron chi connectivity index (χ0n) is 17.5. The number of carbonyl (C=O) groups excluding carboxylic acids is 2. The van der Waals surface area contributed by atoms with Crippen molar-refractivity contribution in [1.82, 2.24) is 9.97 Å². The van der Waals surface area contributed by atoms with Crippen LogP contribution in [0.4, 0.5) is 11.4 Å². The Balaban J connectivity index is 1.57. The van der Waals surface area contributed by atoms with Crippen molar-refractivity contribution in [1.29, 1.82) is 0 Å². The molecule has 1 unspecified atom stereocenters. The highest BCUT2D eigenvalue weighted by atomic mass is 16.6. The molecule has 0 radical (unpaired) electrons. The minimum absolute atomic E-state index is 0.163. The number of pyridine rings is 2. The summed E-state index contributed by atoms with van der Waals surface area (Å²) in [6.45, 7) is 1.43. The molecule has 0 saturated carbocycles. The van der Waals surface area contributed by atoms with Crippen LogP contribution < -0.4 is 5.32 Å². The summed E-state index contributed by atoms with van der Waals surface area (Å²) in [6.07, 6.45) is 2.11. The van der Waals surface area contributed by atoms with Crippen LogP contribution >= 0.6 is 0 Å². The highest BCUT2D eigenvalue weighted by Crippen LogP contribution is 2.25. The van der Waals surface area contributed by atoms with Crippen molar-refractivity contribution in [3.63, 3.8) is 0 Å². The number of ether oxygens (including phenoxy) is 1. The normalized spacial score (nSPS) is 11.5. The fourth-order valence-corrected chi connectivity index (χ4v) is 3.23. The maximum Gasteiger partial charge on any atom is 0.339 e. The molecule has 1 amide bonds. The first-order chi connectivity index (χ1) is 15.9. The first-order valence-corrected chi connectivity index (χ1v) is 9.99. The molecule has 9 nitrogen and oxygen atoms in total. The molecule has 2 aromatic carbocycles. The Morgan fingerprint density at radius 3 is 2.55 bits per heavy atom. The number of rotatable bonds is 6. The Kier molecular flexibility index (Phi) is 6.03. The fourth-order valence-electron chi connectivity index (χ4n) is 3.23. The van der Waals surface area contributed by atoms with Gasteiger partial charge in [-0.3, -0.25) is 19.9 Å². The Morgan fingerprint density at radius 2 is 1.79 bits per heavy atom. The Hall–Kier alpha value is -4.66. The molecule has 2 heterocycles. The molecule has 1 atom stereocenters. The summed E-state index contributed by atoms with van der Waals surface area (Å²) in [5.74, 6) is -1.30. The molecular formula is C24H18N4O5. The van der Waals surface area contributed by atoms with Crippen molar-refractivity contribution in [2.75, 3.05) is 5.32 Å². The predicted molar refractivity (Wildman–Crippen MR) is 122 cm³/mol. The van der Waals surface area contributed by atoms with Crippen LogP contribution in [0.3, 0.4) is 0 Å². The standard InChI is InChI=1S/C24H18N4O5/c1-15(23(29)26-17-5-4-6-18(13-17)28(31)32)33-24(30)20-14-22(16-9-11-25-12-10-16)27-21-8-3-2-7-19(20)21/h2-15H,1H3,(H,26,29). The van der Waals surface area contributed by atoms with E-state index in [0.717, 1.165) is 5.56 Å². The molecule has 0 saturated heterocycles. The third kappa shape index (κ3) is 4.82. The lowest BCUT2D eigenvalue weighted by Crippen LogP contribution is -2.30. The van der Waals surface area contributed by atoms with Crippen LogP contribution in [0.15, 0.2) is 79.1 Å². The summed E-state index contributed by atoms with van der Waals surface area (Å²) < 4.78 is 5.42. The highest BCUT2D eigenvalue weighted by molar-refractivity contribution is 6.06. The van der Waals surface area contributed by atoms with E-state index in [4.69, 9.17) is 4.74 Å². The lowest BCUT2D eigenvalue weighted by molar-refractivity contribution is -0.384. The second-order valence-electron chi connectivity index (χ2n) is 7.15. The van der Waals surface area contributed by atoms with E-state index in [0.29, 0.717) is 16.6 Å². The summed E-state index contributed by atoms with van der Waals surface area (Å²) >= 11 is 0. The quantitative estimate of drug-likeness (QED) is 0.267. The third-order valence-corrected chi connectivity index (χ3v) is 4.89. The van der Waals surface area contributed by atoms with Crippen molar-refractivity contribution in [3.8, 4) is 11.3 Å². The maximum atomic E-state index is 13.0. The molecule has 164 valence electrons. The van der Waals surface area contributed by atoms with Gasteiger partial charge in [0.05, 0.1) is 21.7 Å². The van der Waals surface area contributed by atoms with Crippen molar-refractivity contribution >= 4 is 34.2 Å². The number of carbonyl (C=O) groups is 2. The van der Waals surface area contributed by atoms with Crippen LogP contribution in [-0.4, -0.2) is 32.9 Å². The van der Waals surface area contributed by atoms with Crippen LogP contribution in [0.1, 0.15) is 17.3 Å². The average molecular weight is 442 g/mol. The van der Waals surface area contributed by atoms with E-state index in [1.165, 1.54) is 31.2 Å². The number of nitrogens with zero attached hydrogens (tertiary/aromatic N) is 3. The number of para-hydroxylation sites is 1. The molecule has 0 fully saturated rings. The first kappa shape index (κ1) is 21.6. The number of non-ortho nitro benzene ring substituents is 1. The second kappa shape index (κ2) is 9.23. The lowest BCUT2D eigenvalue weighted by Gasteiger charge is -2.15. The first-order valence-electron chi connectivity index (χ1n) is 9.99. The monoisotopic (exact) mass is 442 g/mol. The zero-order chi connectivity index (χ0) is 23.4. The van der Waals surface area contributed by atoms with E-state index < -0.39 is 22.9 Å². The van der Waals surface area contributed by atoms with Crippen LogP contribution in [-0.2, 0) is 9.53 Å². The number of anilines is 1. The largest absolute Gasteiger partial charge is 0.449 e. The average Bonchev–Trinajstić information content (AvgIpc) is 2.83. The Bertz CT molecular complexity index is 1360. The number of nitro benzene ring substituents is 1. The molecule has 0 bridgehead atoms. The van der Waals surface area contributed by atoms with Gasteiger partial charge in [0, 0.05) is 41.2 Å². The summed E-state index contributed by atoms with van der Waals surface area (Å²) in [6, 6.07) is 17.8. The topological polar surface area (TPSA) is 124 Å². The fraction of sp³-hybridized carbons (Fsp3) is 0.0833. The number of nitro groups is 1. The van der Waals surface area contributed by atoms with Gasteiger partial charge in [0.2, 0.25) is 0 Å². The summed E-state index contributed by atoms with van der Waals surface area (Å²) in [4.78, 5) is 44.5. The molecule has 33 heavy (non-hydrogen) atoms. The van der Waals surface area contributed by atoms with E-state index in [9.17, 15) is 19.7 Å². The summed E-state index contributed by atoms with van der Waals surface area (Å²) in [7, 11) is 0. The van der Waals surface area contributed by atoms with Gasteiger partial charge in [0.25, 0.3) is 11.6 Å². The number of benzene rings is 2. The molecule has 1 N–H and O–H groups in total. The highest BCUT2D eigenvalue weighted by Gasteiger charge is 2.22. The Morgan fingerprint density at radius 1 is 1.03 bits per heavy atom. The van der Waals surface area contributed by atoms with E-state index in [1.54, 1.807) is 48.8 Å². The van der Waals surface area contributed by atoms with Gasteiger partial charge < -0.3 is 10.1 Å². The van der Waals surface area contributed by atoms with Crippen molar-refractivity contribution < 1.29 is 19.2 Å². The number of fused-ring (bicyclic) bond motifs is 1. The molecule has 0 aliphatic rings. The predicted octanol–water partition coefficient (Wildman–Crippen LogP) is 4.39. The maximum absolute atomic E-state index is 13.0. The second-order valence-corrected chi connectivity index (χ2v) is 7.15. The molecule has 4 aromatic rings. The van der Waals surface area contributed by atoms with E-state index in [1.807, 2.05) is 6.07 Å². The molecule has 0 aliphatic carbocycles. The van der Waals surface area contributed by atoms with Gasteiger partial charge in [0.1, 0.15) is 0 Å². The molecular weight excluding hydrogens is 424 g/mol. The van der Waals surface area contributed by atoms with Gasteiger partial charge in [-0.15, -0.1) is 0 Å². The summed E-state index contributed by atoms with van der Waals surface area (Å²) in [5, 5.41) is 14.0. The van der Waals surface area contributed by atoms with E-state index >= 15 is 0 Å². The number of hydrogen-bond donors (Lipinski definition) is 1. The van der Waals surface area contributed by atoms with Crippen molar-refractivity contribution in [2.24, 2.45) is 0 Å². The minimum atomic E-state index is -1.15. The smallest absolute Gasteiger partial charge is 0.339 e. The number of hydrogen-bond acceptors (Lipinski definition) is 7. The summed E-state index contributed by atoms with van der Waals surface area (Å²) in [5.41, 5.74) is 2.28. The van der Waals surface area contributed by atoms with Gasteiger partial charge >= 0.3 is 5.97 Å². The van der Waals surface area contributed by atoms with E-state index in [-0.39, 0.29) is 16.9 Å². The van der Waals surface area contributed by atoms with Crippen LogP contribution in [0.25, 0.3) is 22.2 Å². The van der Waals surface area contributed by atoms with Gasteiger partial charge in [0.15, 0.2) is 6.10 Å². The SMILES string of the molecule is CC(OC(=O)c1cc(-c2ccncc2)nc2ccccc12)C(=O)Nc1cccc([N+](=O)[O-])c1. The number of amides is 1. The van der Waals surface area contributed by atoms with Gasteiger partial charge in [-0.2, -0.15) is 0 Å².